The van der Waals surface area contributed by atoms with Crippen molar-refractivity contribution in [2.24, 2.45) is 4.40 Å². The number of benzene rings is 1. The number of nitrogens with zero attached hydrogens (tertiary/aromatic N) is 2. The van der Waals surface area contributed by atoms with Crippen LogP contribution >= 0.6 is 0 Å². The lowest BCUT2D eigenvalue weighted by atomic mass is 10.1. The molecule has 0 saturated carbocycles. The van der Waals surface area contributed by atoms with Crippen molar-refractivity contribution in [1.29, 1.82) is 0 Å². The zero-order valence-corrected chi connectivity index (χ0v) is 16.4. The Kier molecular flexibility index (Phi) is 8.69. The molecule has 28 heavy (non-hydrogen) atoms. The van der Waals surface area contributed by atoms with E-state index in [4.69, 9.17) is 9.47 Å². The third-order valence-corrected chi connectivity index (χ3v) is 4.45. The molecule has 8 nitrogen and oxygen atoms in total. The van der Waals surface area contributed by atoms with Gasteiger partial charge in [-0.2, -0.15) is 21.6 Å². The first-order valence-electron chi connectivity index (χ1n) is 8.04. The Labute approximate surface area is 161 Å². The number of rotatable bonds is 10. The Hall–Kier alpha value is -2.34. The summed E-state index contributed by atoms with van der Waals surface area (Å²) in [7, 11) is 0.527. The van der Waals surface area contributed by atoms with E-state index in [-0.39, 0.29) is 36.8 Å². The van der Waals surface area contributed by atoms with Crippen LogP contribution in [0.1, 0.15) is 5.56 Å². The lowest BCUT2D eigenvalue weighted by Crippen LogP contribution is -2.37. The highest BCUT2D eigenvalue weighted by molar-refractivity contribution is 7.90. The van der Waals surface area contributed by atoms with Crippen LogP contribution in [0.15, 0.2) is 27.5 Å². The number of methoxy groups -OCH3 is 1. The molecule has 0 bridgehead atoms. The molecule has 1 aromatic carbocycles. The molecule has 0 heterocycles. The highest BCUT2D eigenvalue weighted by Gasteiger charge is 2.38. The van der Waals surface area contributed by atoms with Gasteiger partial charge in [-0.3, -0.25) is 4.79 Å². The number of hydrogen-bond acceptors (Lipinski definition) is 5. The summed E-state index contributed by atoms with van der Waals surface area (Å²) in [6.45, 7) is 0.00571. The predicted octanol–water partition coefficient (Wildman–Crippen LogP) is 1.21. The minimum absolute atomic E-state index is 0.0138. The van der Waals surface area contributed by atoms with Crippen molar-refractivity contribution in [1.82, 2.24) is 10.2 Å². The van der Waals surface area contributed by atoms with E-state index in [0.29, 0.717) is 5.56 Å². The molecule has 158 valence electrons. The summed E-state index contributed by atoms with van der Waals surface area (Å²) in [5.41, 5.74) is 0.389. The third kappa shape index (κ3) is 7.72. The van der Waals surface area contributed by atoms with Gasteiger partial charge in [0.1, 0.15) is 23.6 Å². The van der Waals surface area contributed by atoms with Crippen LogP contribution in [-0.4, -0.2) is 72.7 Å². The fraction of sp³-hybridized carbons (Fsp3) is 0.500. The molecule has 1 aromatic rings. The molecule has 1 amide bonds. The molecule has 0 atom stereocenters. The van der Waals surface area contributed by atoms with Gasteiger partial charge >= 0.3 is 12.1 Å². The van der Waals surface area contributed by atoms with E-state index in [1.54, 1.807) is 19.4 Å². The van der Waals surface area contributed by atoms with Crippen LogP contribution in [0.5, 0.6) is 5.75 Å². The van der Waals surface area contributed by atoms with Crippen molar-refractivity contribution in [2.45, 2.75) is 17.5 Å². The first-order valence-corrected chi connectivity index (χ1v) is 9.48. The van der Waals surface area contributed by atoms with E-state index in [0.717, 1.165) is 6.34 Å². The Morgan fingerprint density at radius 1 is 1.29 bits per heavy atom. The monoisotopic (exact) mass is 425 g/mol. The third-order valence-electron chi connectivity index (χ3n) is 3.20. The molecule has 0 saturated heterocycles. The Morgan fingerprint density at radius 3 is 2.54 bits per heavy atom. The number of amides is 1. The van der Waals surface area contributed by atoms with Gasteiger partial charge in [-0.1, -0.05) is 6.07 Å². The van der Waals surface area contributed by atoms with Crippen LogP contribution in [-0.2, 0) is 26.0 Å². The summed E-state index contributed by atoms with van der Waals surface area (Å²) >= 11 is 0. The normalized spacial score (nSPS) is 12.2. The number of nitrogens with one attached hydrogen (secondary N) is 1. The van der Waals surface area contributed by atoms with Crippen LogP contribution in [0.3, 0.4) is 0 Å². The topological polar surface area (TPSA) is 97.3 Å². The van der Waals surface area contributed by atoms with E-state index < -0.39 is 22.1 Å². The van der Waals surface area contributed by atoms with Crippen molar-refractivity contribution in [3.8, 4) is 5.75 Å². The Balaban J connectivity index is 3.04. The second-order valence-electron chi connectivity index (χ2n) is 5.79. The molecule has 0 unspecified atom stereocenters. The van der Waals surface area contributed by atoms with E-state index >= 15 is 0 Å². The van der Waals surface area contributed by atoms with Crippen molar-refractivity contribution in [3.63, 3.8) is 0 Å². The molecule has 0 aliphatic rings. The molecule has 12 heteroatoms. The number of carbonyl (C=O) groups is 1. The molecule has 0 fully saturated rings. The van der Waals surface area contributed by atoms with Crippen molar-refractivity contribution in [2.75, 3.05) is 41.0 Å². The molecule has 0 radical (unpaired) electrons. The van der Waals surface area contributed by atoms with Gasteiger partial charge in [-0.15, -0.1) is 4.40 Å². The smallest absolute Gasteiger partial charge is 0.471 e. The largest absolute Gasteiger partial charge is 0.490 e. The van der Waals surface area contributed by atoms with Crippen molar-refractivity contribution in [3.05, 3.63) is 23.8 Å². The second-order valence-corrected chi connectivity index (χ2v) is 7.39. The van der Waals surface area contributed by atoms with Gasteiger partial charge < -0.3 is 19.7 Å². The zero-order valence-electron chi connectivity index (χ0n) is 15.6. The Morgan fingerprint density at radius 2 is 1.96 bits per heavy atom. The standard InChI is InChI=1S/C16H22F3N3O5S/c1-22(2)11-21-28(24,25)14-10-12(4-5-13(14)27-9-8-26-3)6-7-20-15(23)16(17,18)19/h4-5,10-11H,6-9H2,1-3H3,(H,20,23)/b21-11+. The summed E-state index contributed by atoms with van der Waals surface area (Å²) in [6, 6.07) is 4.13. The van der Waals surface area contributed by atoms with E-state index in [1.165, 1.54) is 30.2 Å². The van der Waals surface area contributed by atoms with Gasteiger partial charge in [0.05, 0.1) is 6.61 Å². The van der Waals surface area contributed by atoms with Gasteiger partial charge in [-0.05, 0) is 24.1 Å². The second kappa shape index (κ2) is 10.3. The maximum Gasteiger partial charge on any atom is 0.471 e. The minimum atomic E-state index is -4.98. The summed E-state index contributed by atoms with van der Waals surface area (Å²) < 4.78 is 75.4. The minimum Gasteiger partial charge on any atom is -0.490 e. The van der Waals surface area contributed by atoms with Crippen LogP contribution in [0, 0.1) is 0 Å². The maximum absolute atomic E-state index is 12.5. The Bertz CT molecular complexity index is 795. The van der Waals surface area contributed by atoms with Crippen LogP contribution in [0.2, 0.25) is 0 Å². The van der Waals surface area contributed by atoms with E-state index in [2.05, 4.69) is 4.40 Å². The van der Waals surface area contributed by atoms with Crippen LogP contribution < -0.4 is 10.1 Å². The maximum atomic E-state index is 12.5. The molecule has 0 aliphatic carbocycles. The number of carbonyl (C=O) groups excluding carboxylic acids is 1. The SMILES string of the molecule is COCCOc1ccc(CCNC(=O)C(F)(F)F)cc1S(=O)(=O)/N=C/N(C)C. The summed E-state index contributed by atoms with van der Waals surface area (Å²) in [6.07, 6.45) is -3.89. The summed E-state index contributed by atoms with van der Waals surface area (Å²) in [5.74, 6) is -2.02. The number of halogens is 3. The molecule has 1 N–H and O–H groups in total. The van der Waals surface area contributed by atoms with Crippen LogP contribution in [0.25, 0.3) is 0 Å². The van der Waals surface area contributed by atoms with Crippen molar-refractivity contribution < 1.29 is 35.9 Å². The lowest BCUT2D eigenvalue weighted by molar-refractivity contribution is -0.173. The molecule has 1 rings (SSSR count). The highest BCUT2D eigenvalue weighted by atomic mass is 32.2. The summed E-state index contributed by atoms with van der Waals surface area (Å²) in [4.78, 5) is 12.0. The van der Waals surface area contributed by atoms with E-state index in [9.17, 15) is 26.4 Å². The molecule has 0 aliphatic heterocycles. The molecule has 0 aromatic heterocycles. The van der Waals surface area contributed by atoms with Gasteiger partial charge in [0.25, 0.3) is 10.0 Å². The first-order chi connectivity index (χ1) is 13.0. The number of ether oxygens (including phenoxy) is 2. The summed E-state index contributed by atoms with van der Waals surface area (Å²) in [5, 5.41) is 1.73. The van der Waals surface area contributed by atoms with E-state index in [1.807, 2.05) is 0 Å². The molecular weight excluding hydrogens is 403 g/mol. The zero-order chi connectivity index (χ0) is 21.4. The number of sulfonamides is 1. The van der Waals surface area contributed by atoms with Gasteiger partial charge in [0.2, 0.25) is 0 Å². The fourth-order valence-corrected chi connectivity index (χ4v) is 3.01. The molecule has 0 spiro atoms. The van der Waals surface area contributed by atoms with Crippen molar-refractivity contribution >= 4 is 22.3 Å². The quantitative estimate of drug-likeness (QED) is 0.344. The fourth-order valence-electron chi connectivity index (χ4n) is 1.90. The average molecular weight is 425 g/mol. The molecular formula is C16H22F3N3O5S. The predicted molar refractivity (Wildman–Crippen MR) is 95.9 cm³/mol. The van der Waals surface area contributed by atoms with Gasteiger partial charge in [0, 0.05) is 27.7 Å². The average Bonchev–Trinajstić information content (AvgIpc) is 2.60. The van der Waals surface area contributed by atoms with Gasteiger partial charge in [0.15, 0.2) is 0 Å². The van der Waals surface area contributed by atoms with Crippen LogP contribution in [0.4, 0.5) is 13.2 Å². The first kappa shape index (κ1) is 23.7. The number of alkyl halides is 3. The highest BCUT2D eigenvalue weighted by Crippen LogP contribution is 2.27. The lowest BCUT2D eigenvalue weighted by Gasteiger charge is -2.13. The van der Waals surface area contributed by atoms with Gasteiger partial charge in [-0.25, -0.2) is 0 Å². The number of hydrogen-bond donors (Lipinski definition) is 1.